The van der Waals surface area contributed by atoms with Crippen molar-refractivity contribution in [1.82, 2.24) is 5.16 Å². The molecule has 22 heavy (non-hydrogen) atoms. The van der Waals surface area contributed by atoms with Crippen LogP contribution in [0, 0.1) is 0 Å². The van der Waals surface area contributed by atoms with Gasteiger partial charge in [-0.05, 0) is 24.3 Å². The Morgan fingerprint density at radius 1 is 1.00 bits per heavy atom. The summed E-state index contributed by atoms with van der Waals surface area (Å²) < 4.78 is 32.9. The molecule has 0 aliphatic rings. The zero-order valence-corrected chi connectivity index (χ0v) is 13.6. The second-order valence-corrected chi connectivity index (χ2v) is 7.10. The van der Waals surface area contributed by atoms with Crippen LogP contribution in [0.1, 0.15) is 0 Å². The molecule has 3 rings (SSSR count). The Labute approximate surface area is 136 Å². The summed E-state index contributed by atoms with van der Waals surface area (Å²) in [6.45, 7) is 0. The number of hydrogen-bond acceptors (Lipinski definition) is 4. The van der Waals surface area contributed by atoms with Crippen LogP contribution in [-0.4, -0.2) is 13.6 Å². The van der Waals surface area contributed by atoms with Crippen LogP contribution in [0.2, 0.25) is 0 Å². The van der Waals surface area contributed by atoms with E-state index in [4.69, 9.17) is 4.52 Å². The molecule has 112 valence electrons. The first kappa shape index (κ1) is 14.8. The summed E-state index contributed by atoms with van der Waals surface area (Å²) in [6, 6.07) is 17.2. The van der Waals surface area contributed by atoms with Crippen LogP contribution in [0.3, 0.4) is 0 Å². The number of nitrogens with one attached hydrogen (secondary N) is 1. The Kier molecular flexibility index (Phi) is 4.00. The summed E-state index contributed by atoms with van der Waals surface area (Å²) in [7, 11) is -3.69. The fourth-order valence-corrected chi connectivity index (χ4v) is 3.12. The molecule has 0 amide bonds. The van der Waals surface area contributed by atoms with Gasteiger partial charge < -0.3 is 4.52 Å². The number of hydrogen-bond donors (Lipinski definition) is 1. The molecule has 1 heterocycles. The van der Waals surface area contributed by atoms with E-state index < -0.39 is 10.0 Å². The number of aromatic nitrogens is 1. The quantitative estimate of drug-likeness (QED) is 0.746. The first-order chi connectivity index (χ1) is 10.5. The molecule has 7 heteroatoms. The molecule has 5 nitrogen and oxygen atoms in total. The second kappa shape index (κ2) is 5.94. The molecule has 0 bridgehead atoms. The minimum atomic E-state index is -3.69. The molecule has 2 aromatic carbocycles. The number of rotatable bonds is 4. The SMILES string of the molecule is O=S(=O)(Nc1cc(-c2ccccc2)on1)c1ccc(Br)cc1. The van der Waals surface area contributed by atoms with Crippen molar-refractivity contribution in [3.63, 3.8) is 0 Å². The zero-order chi connectivity index (χ0) is 15.6. The Morgan fingerprint density at radius 2 is 1.68 bits per heavy atom. The molecule has 0 radical (unpaired) electrons. The van der Waals surface area contributed by atoms with Crippen LogP contribution >= 0.6 is 15.9 Å². The molecule has 0 unspecified atom stereocenters. The summed E-state index contributed by atoms with van der Waals surface area (Å²) >= 11 is 3.27. The maximum Gasteiger partial charge on any atom is 0.263 e. The number of nitrogens with zero attached hydrogens (tertiary/aromatic N) is 1. The lowest BCUT2D eigenvalue weighted by molar-refractivity contribution is 0.435. The predicted molar refractivity (Wildman–Crippen MR) is 86.9 cm³/mol. The van der Waals surface area contributed by atoms with Gasteiger partial charge in [0, 0.05) is 16.1 Å². The van der Waals surface area contributed by atoms with Gasteiger partial charge in [0.25, 0.3) is 10.0 Å². The van der Waals surface area contributed by atoms with Gasteiger partial charge in [0.15, 0.2) is 11.6 Å². The van der Waals surface area contributed by atoms with E-state index in [0.717, 1.165) is 10.0 Å². The van der Waals surface area contributed by atoms with Crippen LogP contribution in [0.25, 0.3) is 11.3 Å². The third-order valence-corrected chi connectivity index (χ3v) is 4.83. The number of halogens is 1. The van der Waals surface area contributed by atoms with E-state index >= 15 is 0 Å². The Bertz CT molecular complexity index is 875. The van der Waals surface area contributed by atoms with Crippen LogP contribution < -0.4 is 4.72 Å². The summed E-state index contributed by atoms with van der Waals surface area (Å²) in [5.74, 6) is 0.635. The lowest BCUT2D eigenvalue weighted by Crippen LogP contribution is -2.12. The highest BCUT2D eigenvalue weighted by atomic mass is 79.9. The highest BCUT2D eigenvalue weighted by molar-refractivity contribution is 9.10. The van der Waals surface area contributed by atoms with Crippen LogP contribution in [-0.2, 0) is 10.0 Å². The average Bonchev–Trinajstić information content (AvgIpc) is 2.96. The minimum Gasteiger partial charge on any atom is -0.354 e. The maximum atomic E-state index is 12.3. The van der Waals surface area contributed by atoms with Gasteiger partial charge in [-0.25, -0.2) is 8.42 Å². The maximum absolute atomic E-state index is 12.3. The molecule has 1 aromatic heterocycles. The van der Waals surface area contributed by atoms with Crippen molar-refractivity contribution >= 4 is 31.8 Å². The van der Waals surface area contributed by atoms with E-state index in [1.54, 1.807) is 18.2 Å². The van der Waals surface area contributed by atoms with Gasteiger partial charge in [-0.3, -0.25) is 4.72 Å². The van der Waals surface area contributed by atoms with E-state index in [2.05, 4.69) is 25.8 Å². The van der Waals surface area contributed by atoms with E-state index in [1.165, 1.54) is 12.1 Å². The number of sulfonamides is 1. The molecule has 0 aliphatic heterocycles. The van der Waals surface area contributed by atoms with Gasteiger partial charge in [-0.15, -0.1) is 0 Å². The highest BCUT2D eigenvalue weighted by Crippen LogP contribution is 2.24. The van der Waals surface area contributed by atoms with Gasteiger partial charge in [0.1, 0.15) is 0 Å². The van der Waals surface area contributed by atoms with Crippen molar-refractivity contribution in [2.24, 2.45) is 0 Å². The van der Waals surface area contributed by atoms with Crippen molar-refractivity contribution in [3.05, 3.63) is 65.1 Å². The molecule has 0 fully saturated rings. The molecule has 0 saturated carbocycles. The van der Waals surface area contributed by atoms with Crippen molar-refractivity contribution in [2.75, 3.05) is 4.72 Å². The molecule has 0 spiro atoms. The predicted octanol–water partition coefficient (Wildman–Crippen LogP) is 3.90. The normalized spacial score (nSPS) is 11.3. The van der Waals surface area contributed by atoms with Gasteiger partial charge >= 0.3 is 0 Å². The second-order valence-electron chi connectivity index (χ2n) is 4.50. The first-order valence-electron chi connectivity index (χ1n) is 6.35. The van der Waals surface area contributed by atoms with Gasteiger partial charge in [0.2, 0.25) is 0 Å². The van der Waals surface area contributed by atoms with Crippen molar-refractivity contribution < 1.29 is 12.9 Å². The third kappa shape index (κ3) is 3.20. The number of benzene rings is 2. The van der Waals surface area contributed by atoms with Gasteiger partial charge in [-0.1, -0.05) is 51.4 Å². The smallest absolute Gasteiger partial charge is 0.263 e. The Balaban J connectivity index is 1.84. The van der Waals surface area contributed by atoms with Crippen molar-refractivity contribution in [1.29, 1.82) is 0 Å². The van der Waals surface area contributed by atoms with E-state index in [9.17, 15) is 8.42 Å². The van der Waals surface area contributed by atoms with Crippen LogP contribution in [0.5, 0.6) is 0 Å². The molecule has 0 aliphatic carbocycles. The van der Waals surface area contributed by atoms with Crippen molar-refractivity contribution in [2.45, 2.75) is 4.90 Å². The monoisotopic (exact) mass is 378 g/mol. The van der Waals surface area contributed by atoms with Gasteiger partial charge in [-0.2, -0.15) is 0 Å². The third-order valence-electron chi connectivity index (χ3n) is 2.93. The van der Waals surface area contributed by atoms with Crippen LogP contribution in [0.4, 0.5) is 5.82 Å². The first-order valence-corrected chi connectivity index (χ1v) is 8.63. The fraction of sp³-hybridized carbons (Fsp3) is 0. The minimum absolute atomic E-state index is 0.141. The fourth-order valence-electron chi connectivity index (χ4n) is 1.87. The largest absolute Gasteiger partial charge is 0.354 e. The lowest BCUT2D eigenvalue weighted by Gasteiger charge is -2.04. The van der Waals surface area contributed by atoms with E-state index in [-0.39, 0.29) is 10.7 Å². The van der Waals surface area contributed by atoms with Gasteiger partial charge in [0.05, 0.1) is 4.90 Å². The molecule has 0 atom stereocenters. The molecular weight excluding hydrogens is 368 g/mol. The highest BCUT2D eigenvalue weighted by Gasteiger charge is 2.16. The van der Waals surface area contributed by atoms with Crippen molar-refractivity contribution in [3.8, 4) is 11.3 Å². The topological polar surface area (TPSA) is 72.2 Å². The number of anilines is 1. The zero-order valence-electron chi connectivity index (χ0n) is 11.2. The summed E-state index contributed by atoms with van der Waals surface area (Å²) in [5.41, 5.74) is 0.823. The standard InChI is InChI=1S/C15H11BrN2O3S/c16-12-6-8-13(9-7-12)22(19,20)18-15-10-14(21-17-15)11-4-2-1-3-5-11/h1-10H,(H,17,18). The molecular formula is C15H11BrN2O3S. The summed E-state index contributed by atoms with van der Waals surface area (Å²) in [5, 5.41) is 3.75. The summed E-state index contributed by atoms with van der Waals surface area (Å²) in [6.07, 6.45) is 0. The lowest BCUT2D eigenvalue weighted by atomic mass is 10.2. The average molecular weight is 379 g/mol. The van der Waals surface area contributed by atoms with Crippen LogP contribution in [0.15, 0.2) is 74.6 Å². The molecule has 0 saturated heterocycles. The Hall–Kier alpha value is -2.12. The summed E-state index contributed by atoms with van der Waals surface area (Å²) in [4.78, 5) is 0.153. The molecule has 3 aromatic rings. The molecule has 1 N–H and O–H groups in total. The Morgan fingerprint density at radius 3 is 2.36 bits per heavy atom. The van der Waals surface area contributed by atoms with E-state index in [0.29, 0.717) is 5.76 Å². The van der Waals surface area contributed by atoms with E-state index in [1.807, 2.05) is 30.3 Å².